The molecule has 2 aliphatic rings. The number of benzene rings is 2. The monoisotopic (exact) mass is 349 g/mol. The van der Waals surface area contributed by atoms with Crippen LogP contribution < -0.4 is 5.32 Å². The van der Waals surface area contributed by atoms with Crippen molar-refractivity contribution in [1.29, 1.82) is 0 Å². The highest BCUT2D eigenvalue weighted by molar-refractivity contribution is 6.43. The third-order valence-electron chi connectivity index (χ3n) is 4.66. The van der Waals surface area contributed by atoms with Crippen molar-refractivity contribution in [2.75, 3.05) is 5.32 Å². The maximum Gasteiger partial charge on any atom is 0.0826 e. The maximum atomic E-state index is 6.44. The molecule has 2 aromatic carbocycles. The second-order valence-corrected chi connectivity index (χ2v) is 7.07. The lowest BCUT2D eigenvalue weighted by Crippen LogP contribution is -2.29. The third-order valence-corrected chi connectivity index (χ3v) is 5.71. The van der Waals surface area contributed by atoms with Crippen molar-refractivity contribution >= 4 is 40.5 Å². The Morgan fingerprint density at radius 1 is 0.955 bits per heavy atom. The molecule has 2 aromatic rings. The zero-order chi connectivity index (χ0) is 15.3. The normalized spacial score (nSPS) is 25.5. The molecule has 4 heteroatoms. The Morgan fingerprint density at radius 2 is 1.73 bits per heavy atom. The van der Waals surface area contributed by atoms with E-state index in [1.54, 1.807) is 0 Å². The Labute approximate surface area is 144 Å². The van der Waals surface area contributed by atoms with Gasteiger partial charge < -0.3 is 5.32 Å². The molecule has 0 saturated heterocycles. The molecule has 0 saturated carbocycles. The predicted octanol–water partition coefficient (Wildman–Crippen LogP) is 6.47. The van der Waals surface area contributed by atoms with Gasteiger partial charge in [-0.25, -0.2) is 0 Å². The summed E-state index contributed by atoms with van der Waals surface area (Å²) in [5.74, 6) is 0.873. The van der Waals surface area contributed by atoms with Crippen LogP contribution in [0.1, 0.15) is 29.5 Å². The summed E-state index contributed by atoms with van der Waals surface area (Å²) in [6.45, 7) is 0. The lowest BCUT2D eigenvalue weighted by atomic mass is 9.77. The van der Waals surface area contributed by atoms with Crippen molar-refractivity contribution in [3.63, 3.8) is 0 Å². The molecule has 1 N–H and O–H groups in total. The van der Waals surface area contributed by atoms with Crippen LogP contribution in [0.4, 0.5) is 5.69 Å². The van der Waals surface area contributed by atoms with Gasteiger partial charge in [-0.1, -0.05) is 65.2 Å². The average Bonchev–Trinajstić information content (AvgIpc) is 3.01. The lowest BCUT2D eigenvalue weighted by Gasteiger charge is -2.38. The Hall–Kier alpha value is -1.15. The summed E-state index contributed by atoms with van der Waals surface area (Å²) in [6, 6.07) is 12.2. The Balaban J connectivity index is 1.82. The molecule has 0 bridgehead atoms. The van der Waals surface area contributed by atoms with Crippen molar-refractivity contribution in [3.05, 3.63) is 74.7 Å². The fourth-order valence-corrected chi connectivity index (χ4v) is 4.11. The molecule has 1 heterocycles. The summed E-state index contributed by atoms with van der Waals surface area (Å²) in [5, 5.41) is 5.56. The van der Waals surface area contributed by atoms with E-state index in [-0.39, 0.29) is 6.04 Å². The van der Waals surface area contributed by atoms with Gasteiger partial charge in [-0.05, 0) is 41.7 Å². The van der Waals surface area contributed by atoms with E-state index in [9.17, 15) is 0 Å². The quantitative estimate of drug-likeness (QED) is 0.581. The van der Waals surface area contributed by atoms with Gasteiger partial charge in [-0.15, -0.1) is 0 Å². The molecule has 1 aliphatic heterocycles. The van der Waals surface area contributed by atoms with Crippen LogP contribution in [0.3, 0.4) is 0 Å². The molecular formula is C18H14Cl3N. The van der Waals surface area contributed by atoms with Crippen LogP contribution >= 0.6 is 34.8 Å². The molecule has 112 valence electrons. The summed E-state index contributed by atoms with van der Waals surface area (Å²) in [6.07, 6.45) is 5.61. The second kappa shape index (κ2) is 5.49. The van der Waals surface area contributed by atoms with Crippen molar-refractivity contribution in [3.8, 4) is 0 Å². The summed E-state index contributed by atoms with van der Waals surface area (Å²) in [7, 11) is 0. The zero-order valence-corrected chi connectivity index (χ0v) is 14.0. The molecule has 3 atom stereocenters. The van der Waals surface area contributed by atoms with Crippen LogP contribution in [0.2, 0.25) is 15.1 Å². The molecule has 0 amide bonds. The van der Waals surface area contributed by atoms with Gasteiger partial charge in [0.15, 0.2) is 0 Å². The first-order chi connectivity index (χ1) is 10.6. The minimum absolute atomic E-state index is 0.209. The Bertz CT molecular complexity index is 752. The van der Waals surface area contributed by atoms with Crippen LogP contribution in [-0.2, 0) is 0 Å². The number of hydrogen-bond acceptors (Lipinski definition) is 1. The number of halogens is 3. The van der Waals surface area contributed by atoms with Crippen LogP contribution in [0.15, 0.2) is 48.6 Å². The van der Waals surface area contributed by atoms with Gasteiger partial charge in [-0.2, -0.15) is 0 Å². The summed E-state index contributed by atoms with van der Waals surface area (Å²) in [4.78, 5) is 0. The molecule has 0 fully saturated rings. The minimum atomic E-state index is 0.209. The number of allylic oxidation sites excluding steroid dienone is 2. The molecule has 4 rings (SSSR count). The SMILES string of the molecule is Clc1ccc([C@@H]2Nc3c(ccc(Cl)c3Cl)[C@@H]3C=CC[C@@H]32)cc1. The first kappa shape index (κ1) is 14.4. The number of fused-ring (bicyclic) bond motifs is 3. The Morgan fingerprint density at radius 3 is 2.50 bits per heavy atom. The van der Waals surface area contributed by atoms with E-state index in [4.69, 9.17) is 34.8 Å². The largest absolute Gasteiger partial charge is 0.376 e. The first-order valence-corrected chi connectivity index (χ1v) is 8.45. The van der Waals surface area contributed by atoms with E-state index in [0.717, 1.165) is 17.1 Å². The number of hydrogen-bond donors (Lipinski definition) is 1. The third kappa shape index (κ3) is 2.23. The minimum Gasteiger partial charge on any atom is -0.376 e. The van der Waals surface area contributed by atoms with Gasteiger partial charge in [0.25, 0.3) is 0 Å². The van der Waals surface area contributed by atoms with Gasteiger partial charge in [-0.3, -0.25) is 0 Å². The van der Waals surface area contributed by atoms with Gasteiger partial charge in [0, 0.05) is 10.9 Å². The number of nitrogens with one attached hydrogen (secondary N) is 1. The summed E-state index contributed by atoms with van der Waals surface area (Å²) >= 11 is 18.7. The standard InChI is InChI=1S/C18H14Cl3N/c19-11-6-4-10(5-7-11)17-13-3-1-2-12(13)14-8-9-15(20)16(21)18(14)22-17/h1-2,4-9,12-13,17,22H,3H2/t12-,13+,17+/m1/s1. The van der Waals surface area contributed by atoms with Crippen LogP contribution in [0.25, 0.3) is 0 Å². The average molecular weight is 351 g/mol. The van der Waals surface area contributed by atoms with Crippen molar-refractivity contribution in [2.24, 2.45) is 5.92 Å². The van der Waals surface area contributed by atoms with Crippen molar-refractivity contribution < 1.29 is 0 Å². The van der Waals surface area contributed by atoms with E-state index in [2.05, 4.69) is 35.7 Å². The van der Waals surface area contributed by atoms with Gasteiger partial charge in [0.1, 0.15) is 0 Å². The maximum absolute atomic E-state index is 6.44. The van der Waals surface area contributed by atoms with Crippen LogP contribution in [-0.4, -0.2) is 0 Å². The molecular weight excluding hydrogens is 337 g/mol. The lowest BCUT2D eigenvalue weighted by molar-refractivity contribution is 0.425. The molecule has 1 aliphatic carbocycles. The Kier molecular flexibility index (Phi) is 3.60. The molecule has 0 spiro atoms. The van der Waals surface area contributed by atoms with E-state index in [1.807, 2.05) is 18.2 Å². The van der Waals surface area contributed by atoms with Gasteiger partial charge >= 0.3 is 0 Å². The number of rotatable bonds is 1. The topological polar surface area (TPSA) is 12.0 Å². The summed E-state index contributed by atoms with van der Waals surface area (Å²) in [5.41, 5.74) is 3.42. The van der Waals surface area contributed by atoms with Gasteiger partial charge in [0.05, 0.1) is 21.8 Å². The fourth-order valence-electron chi connectivity index (χ4n) is 3.60. The van der Waals surface area contributed by atoms with Crippen LogP contribution in [0, 0.1) is 5.92 Å². The van der Waals surface area contributed by atoms with E-state index in [1.165, 1.54) is 11.1 Å². The highest BCUT2D eigenvalue weighted by atomic mass is 35.5. The highest BCUT2D eigenvalue weighted by Crippen LogP contribution is 2.52. The molecule has 0 radical (unpaired) electrons. The molecule has 22 heavy (non-hydrogen) atoms. The second-order valence-electron chi connectivity index (χ2n) is 5.85. The van der Waals surface area contributed by atoms with E-state index >= 15 is 0 Å². The van der Waals surface area contributed by atoms with E-state index < -0.39 is 0 Å². The fraction of sp³-hybridized carbons (Fsp3) is 0.222. The summed E-state index contributed by atoms with van der Waals surface area (Å²) < 4.78 is 0. The zero-order valence-electron chi connectivity index (χ0n) is 11.7. The van der Waals surface area contributed by atoms with Crippen LogP contribution in [0.5, 0.6) is 0 Å². The van der Waals surface area contributed by atoms with Crippen molar-refractivity contribution in [2.45, 2.75) is 18.4 Å². The molecule has 0 aromatic heterocycles. The van der Waals surface area contributed by atoms with Crippen molar-refractivity contribution in [1.82, 2.24) is 0 Å². The number of anilines is 1. The molecule has 0 unspecified atom stereocenters. The highest BCUT2D eigenvalue weighted by Gasteiger charge is 2.38. The van der Waals surface area contributed by atoms with Gasteiger partial charge in [0.2, 0.25) is 0 Å². The first-order valence-electron chi connectivity index (χ1n) is 7.31. The predicted molar refractivity (Wildman–Crippen MR) is 94.3 cm³/mol. The van der Waals surface area contributed by atoms with E-state index in [0.29, 0.717) is 21.9 Å². The molecule has 1 nitrogen and oxygen atoms in total. The smallest absolute Gasteiger partial charge is 0.0826 e.